The number of aliphatic hydroxyl groups excluding tert-OH is 1. The Morgan fingerprint density at radius 2 is 1.80 bits per heavy atom. The molecule has 0 aromatic rings. The minimum absolute atomic E-state index is 0.0118. The van der Waals surface area contributed by atoms with Gasteiger partial charge in [-0.25, -0.2) is 13.8 Å². The number of hydrogen-bond acceptors (Lipinski definition) is 7. The maximum atomic E-state index is 14.1. The van der Waals surface area contributed by atoms with Gasteiger partial charge in [0.2, 0.25) is 11.8 Å². The summed E-state index contributed by atoms with van der Waals surface area (Å²) in [6, 6.07) is -1.74. The maximum Gasteiger partial charge on any atom is 0.273 e. The molecule has 12 heteroatoms. The molecule has 230 valence electrons. The van der Waals surface area contributed by atoms with Gasteiger partial charge in [-0.05, 0) is 56.4 Å². The van der Waals surface area contributed by atoms with Crippen molar-refractivity contribution in [1.29, 1.82) is 0 Å². The molecular formula is C29H47F2N6O3P. The third-order valence-electron chi connectivity index (χ3n) is 11.4. The lowest BCUT2D eigenvalue weighted by atomic mass is 9.68. The quantitative estimate of drug-likeness (QED) is 0.279. The maximum absolute atomic E-state index is 14.1. The van der Waals surface area contributed by atoms with Crippen molar-refractivity contribution in [3.05, 3.63) is 12.7 Å². The average molecular weight is 597 g/mol. The Morgan fingerprint density at radius 1 is 1.02 bits per heavy atom. The Bertz CT molecular complexity index is 1010. The Kier molecular flexibility index (Phi) is 8.51. The van der Waals surface area contributed by atoms with Crippen LogP contribution in [0, 0.1) is 23.7 Å². The van der Waals surface area contributed by atoms with Gasteiger partial charge in [-0.1, -0.05) is 35.1 Å². The number of amides is 2. The van der Waals surface area contributed by atoms with Crippen LogP contribution in [0.5, 0.6) is 0 Å². The molecule has 4 aliphatic heterocycles. The summed E-state index contributed by atoms with van der Waals surface area (Å²) in [5.41, 5.74) is 7.14. The minimum Gasteiger partial charge on any atom is -0.391 e. The summed E-state index contributed by atoms with van der Waals surface area (Å²) in [7, 11) is 1.58. The number of rotatable bonds is 5. The van der Waals surface area contributed by atoms with Gasteiger partial charge in [0.1, 0.15) is 0 Å². The number of carbonyl (C=O) groups excluding carboxylic acids is 2. The molecule has 0 aromatic heterocycles. The van der Waals surface area contributed by atoms with Crippen LogP contribution in [0.3, 0.4) is 0 Å². The van der Waals surface area contributed by atoms with Crippen LogP contribution in [0.1, 0.15) is 57.8 Å². The second-order valence-electron chi connectivity index (χ2n) is 13.5. The van der Waals surface area contributed by atoms with E-state index in [4.69, 9.17) is 5.73 Å². The second kappa shape index (κ2) is 11.7. The van der Waals surface area contributed by atoms with Crippen LogP contribution in [0.25, 0.3) is 0 Å². The third-order valence-corrected chi connectivity index (χ3v) is 11.8. The number of alkyl halides is 2. The molecule has 9 nitrogen and oxygen atoms in total. The zero-order chi connectivity index (χ0) is 29.1. The molecule has 0 bridgehead atoms. The number of hydrazine groups is 1. The Balaban J connectivity index is 1.21. The highest BCUT2D eigenvalue weighted by Crippen LogP contribution is 2.45. The second-order valence-corrected chi connectivity index (χ2v) is 14.3. The minimum atomic E-state index is -3.00. The van der Waals surface area contributed by atoms with Crippen molar-refractivity contribution in [2.75, 3.05) is 26.2 Å². The fourth-order valence-electron chi connectivity index (χ4n) is 8.91. The number of nitrogens with one attached hydrogen (secondary N) is 2. The zero-order valence-corrected chi connectivity index (χ0v) is 25.0. The van der Waals surface area contributed by atoms with Crippen molar-refractivity contribution in [2.45, 2.75) is 106 Å². The predicted molar refractivity (Wildman–Crippen MR) is 155 cm³/mol. The summed E-state index contributed by atoms with van der Waals surface area (Å²) in [6.07, 6.45) is 9.33. The van der Waals surface area contributed by atoms with Crippen molar-refractivity contribution in [3.8, 4) is 0 Å². The van der Waals surface area contributed by atoms with E-state index in [-0.39, 0.29) is 61.0 Å². The lowest BCUT2D eigenvalue weighted by molar-refractivity contribution is -0.146. The fraction of sp³-hybridized carbons (Fsp3) is 0.862. The van der Waals surface area contributed by atoms with E-state index in [1.807, 2.05) is 4.90 Å². The van der Waals surface area contributed by atoms with E-state index in [9.17, 15) is 23.5 Å². The molecule has 0 spiro atoms. The van der Waals surface area contributed by atoms with Crippen LogP contribution in [-0.4, -0.2) is 106 Å². The van der Waals surface area contributed by atoms with Crippen LogP contribution < -0.4 is 16.5 Å². The first-order valence-electron chi connectivity index (χ1n) is 15.7. The number of hydrogen-bond donors (Lipinski definition) is 4. The highest BCUT2D eigenvalue weighted by Gasteiger charge is 2.56. The number of halogens is 2. The highest BCUT2D eigenvalue weighted by atomic mass is 31.0. The van der Waals surface area contributed by atoms with Gasteiger partial charge in [-0.2, -0.15) is 0 Å². The highest BCUT2D eigenvalue weighted by molar-refractivity contribution is 7.18. The molecule has 41 heavy (non-hydrogen) atoms. The van der Waals surface area contributed by atoms with Gasteiger partial charge in [0.05, 0.1) is 30.1 Å². The Labute approximate surface area is 244 Å². The molecule has 4 saturated heterocycles. The number of aliphatic hydroxyl groups is 1. The van der Waals surface area contributed by atoms with Crippen molar-refractivity contribution in [3.63, 3.8) is 0 Å². The molecule has 0 aromatic carbocycles. The molecule has 4 heterocycles. The van der Waals surface area contributed by atoms with Gasteiger partial charge in [0.15, 0.2) is 0 Å². The normalized spacial score (nSPS) is 42.3. The molecule has 2 saturated carbocycles. The number of carbonyl (C=O) groups is 2. The first-order valence-corrected chi connectivity index (χ1v) is 16.2. The third kappa shape index (κ3) is 5.60. The molecule has 6 fully saturated rings. The van der Waals surface area contributed by atoms with E-state index in [1.54, 1.807) is 14.1 Å². The Hall–Kier alpha value is -1.23. The number of likely N-dealkylation sites (tertiary alicyclic amines) is 2. The summed E-state index contributed by atoms with van der Waals surface area (Å²) in [4.78, 5) is 30.5. The van der Waals surface area contributed by atoms with E-state index in [1.165, 1.54) is 25.3 Å². The molecule has 6 aliphatic rings. The monoisotopic (exact) mass is 596 g/mol. The summed E-state index contributed by atoms with van der Waals surface area (Å²) in [6.45, 7) is 5.26. The number of nitrogens with zero attached hydrogens (tertiary/aromatic N) is 3. The van der Waals surface area contributed by atoms with Crippen molar-refractivity contribution in [2.24, 2.45) is 29.4 Å². The summed E-state index contributed by atoms with van der Waals surface area (Å²) >= 11 is 0. The Morgan fingerprint density at radius 3 is 2.44 bits per heavy atom. The van der Waals surface area contributed by atoms with E-state index >= 15 is 0 Å². The molecule has 2 aliphatic carbocycles. The molecule has 2 amide bonds. The topological polar surface area (TPSA) is 114 Å². The molecule has 0 radical (unpaired) electrons. The van der Waals surface area contributed by atoms with Gasteiger partial charge in [0.25, 0.3) is 5.66 Å². The van der Waals surface area contributed by atoms with E-state index in [2.05, 4.69) is 22.3 Å². The molecule has 6 rings (SSSR count). The standard InChI is InChI=1S/C29H47F2N6O3P/c1-2-26(39)35-10-8-20-27-22(37(34-20)21-7-6-17(12-24(21)38)16-4-3-5-16)9-11-36(23(27)15-35)28(40)18-14-33-25(13-19(18)32)29(30,31)41/h2,16-25,27,33-34,38H,1,3-15,32,41H2. The van der Waals surface area contributed by atoms with Crippen LogP contribution in [0.4, 0.5) is 8.78 Å². The summed E-state index contributed by atoms with van der Waals surface area (Å²) in [5.74, 6) is 0.604. The fourth-order valence-corrected chi connectivity index (χ4v) is 9.16. The van der Waals surface area contributed by atoms with Gasteiger partial charge in [-0.15, -0.1) is 0 Å². The van der Waals surface area contributed by atoms with E-state index in [0.717, 1.165) is 38.0 Å². The lowest BCUT2D eigenvalue weighted by Gasteiger charge is -2.49. The SMILES string of the molecule is C=CC(=O)N1CCC2NN(C3CCC(C4CCC4)CC3O)C3CCN(C(=O)C4CNC(C(F)(F)P)CC4N)C(C1)C23. The van der Waals surface area contributed by atoms with Crippen LogP contribution >= 0.6 is 9.24 Å². The summed E-state index contributed by atoms with van der Waals surface area (Å²) < 4.78 is 27.9. The average Bonchev–Trinajstić information content (AvgIpc) is 3.15. The van der Waals surface area contributed by atoms with Gasteiger partial charge in [-0.3, -0.25) is 15.0 Å². The smallest absolute Gasteiger partial charge is 0.273 e. The first-order chi connectivity index (χ1) is 19.6. The number of piperidine rings is 2. The number of nitrogens with two attached hydrogens (primary N) is 1. The van der Waals surface area contributed by atoms with Crippen molar-refractivity contribution >= 4 is 21.1 Å². The predicted octanol–water partition coefficient (Wildman–Crippen LogP) is 1.28. The van der Waals surface area contributed by atoms with E-state index < -0.39 is 23.7 Å². The van der Waals surface area contributed by atoms with Gasteiger partial charge in [0, 0.05) is 50.2 Å². The zero-order valence-electron chi connectivity index (χ0n) is 23.8. The van der Waals surface area contributed by atoms with Gasteiger partial charge < -0.3 is 26.0 Å². The van der Waals surface area contributed by atoms with Crippen LogP contribution in [0.15, 0.2) is 12.7 Å². The van der Waals surface area contributed by atoms with Gasteiger partial charge >= 0.3 is 0 Å². The summed E-state index contributed by atoms with van der Waals surface area (Å²) in [5, 5.41) is 16.5. The van der Waals surface area contributed by atoms with Crippen molar-refractivity contribution in [1.82, 2.24) is 25.6 Å². The molecular weight excluding hydrogens is 549 g/mol. The van der Waals surface area contributed by atoms with Crippen molar-refractivity contribution < 1.29 is 23.5 Å². The molecule has 11 unspecified atom stereocenters. The van der Waals surface area contributed by atoms with Crippen LogP contribution in [0.2, 0.25) is 0 Å². The van der Waals surface area contributed by atoms with E-state index in [0.29, 0.717) is 25.6 Å². The van der Waals surface area contributed by atoms with Crippen LogP contribution in [-0.2, 0) is 9.59 Å². The first kappa shape index (κ1) is 29.8. The molecule has 11 atom stereocenters. The largest absolute Gasteiger partial charge is 0.391 e. The lowest BCUT2D eigenvalue weighted by Crippen LogP contribution is -2.65. The molecule has 5 N–H and O–H groups in total.